The van der Waals surface area contributed by atoms with Crippen molar-refractivity contribution in [3.63, 3.8) is 0 Å². The predicted molar refractivity (Wildman–Crippen MR) is 58.0 cm³/mol. The summed E-state index contributed by atoms with van der Waals surface area (Å²) >= 11 is 3.41. The number of rotatable bonds is 2. The highest BCUT2D eigenvalue weighted by Crippen LogP contribution is 2.18. The van der Waals surface area contributed by atoms with Crippen molar-refractivity contribution in [2.75, 3.05) is 0 Å². The van der Waals surface area contributed by atoms with Gasteiger partial charge >= 0.3 is 0 Å². The van der Waals surface area contributed by atoms with Gasteiger partial charge in [-0.3, -0.25) is 0 Å². The summed E-state index contributed by atoms with van der Waals surface area (Å²) in [5.41, 5.74) is 1.20. The van der Waals surface area contributed by atoms with E-state index < -0.39 is 0 Å². The highest BCUT2D eigenvalue weighted by molar-refractivity contribution is 9.10. The second-order valence-electron chi connectivity index (χ2n) is 3.08. The fraction of sp³-hybridized carbons (Fsp3) is 0.200. The summed E-state index contributed by atoms with van der Waals surface area (Å²) in [5, 5.41) is 8.22. The van der Waals surface area contributed by atoms with Gasteiger partial charge in [-0.05, 0) is 24.6 Å². The maximum atomic E-state index is 4.11. The van der Waals surface area contributed by atoms with Gasteiger partial charge in [-0.1, -0.05) is 28.1 Å². The summed E-state index contributed by atoms with van der Waals surface area (Å²) in [6.07, 6.45) is 3.38. The van der Waals surface area contributed by atoms with Gasteiger partial charge in [-0.2, -0.15) is 15.0 Å². The minimum atomic E-state index is 0.179. The molecule has 0 saturated carbocycles. The Morgan fingerprint density at radius 3 is 2.29 bits per heavy atom. The summed E-state index contributed by atoms with van der Waals surface area (Å²) in [7, 11) is 0. The van der Waals surface area contributed by atoms with Crippen LogP contribution in [0, 0.1) is 0 Å². The van der Waals surface area contributed by atoms with Crippen LogP contribution in [-0.4, -0.2) is 15.0 Å². The molecule has 0 N–H and O–H groups in total. The first-order valence-corrected chi connectivity index (χ1v) is 5.18. The van der Waals surface area contributed by atoms with Crippen LogP contribution in [0.5, 0.6) is 0 Å². The van der Waals surface area contributed by atoms with Crippen molar-refractivity contribution >= 4 is 15.9 Å². The molecule has 0 aliphatic heterocycles. The van der Waals surface area contributed by atoms with Gasteiger partial charge in [0.15, 0.2) is 0 Å². The molecule has 0 unspecified atom stereocenters. The average Bonchev–Trinajstić information content (AvgIpc) is 2.71. The lowest BCUT2D eigenvalue weighted by molar-refractivity contribution is 0.493. The lowest BCUT2D eigenvalue weighted by Gasteiger charge is -2.10. The van der Waals surface area contributed by atoms with E-state index in [0.717, 1.165) is 4.47 Å². The molecule has 0 aliphatic rings. The van der Waals surface area contributed by atoms with E-state index in [1.165, 1.54) is 5.56 Å². The quantitative estimate of drug-likeness (QED) is 0.822. The Labute approximate surface area is 90.9 Å². The summed E-state index contributed by atoms with van der Waals surface area (Å²) in [5.74, 6) is 0. The van der Waals surface area contributed by atoms with Crippen LogP contribution in [0.15, 0.2) is 41.1 Å². The van der Waals surface area contributed by atoms with Crippen molar-refractivity contribution in [3.05, 3.63) is 46.7 Å². The van der Waals surface area contributed by atoms with Gasteiger partial charge in [0.1, 0.15) is 0 Å². The van der Waals surface area contributed by atoms with Gasteiger partial charge in [0, 0.05) is 4.47 Å². The molecule has 0 saturated heterocycles. The van der Waals surface area contributed by atoms with E-state index in [1.54, 1.807) is 17.2 Å². The van der Waals surface area contributed by atoms with Crippen LogP contribution in [0.4, 0.5) is 0 Å². The number of halogens is 1. The van der Waals surface area contributed by atoms with Gasteiger partial charge in [0.25, 0.3) is 0 Å². The molecule has 0 spiro atoms. The molecule has 3 nitrogen and oxygen atoms in total. The van der Waals surface area contributed by atoms with Crippen molar-refractivity contribution < 1.29 is 0 Å². The molecular formula is C10H10BrN3. The first-order valence-electron chi connectivity index (χ1n) is 4.38. The first-order chi connectivity index (χ1) is 6.77. The van der Waals surface area contributed by atoms with E-state index in [9.17, 15) is 0 Å². The van der Waals surface area contributed by atoms with Crippen LogP contribution in [0.25, 0.3) is 0 Å². The van der Waals surface area contributed by atoms with Crippen LogP contribution in [0.3, 0.4) is 0 Å². The Morgan fingerprint density at radius 1 is 1.14 bits per heavy atom. The van der Waals surface area contributed by atoms with Crippen molar-refractivity contribution in [3.8, 4) is 0 Å². The summed E-state index contributed by atoms with van der Waals surface area (Å²) < 4.78 is 1.09. The Balaban J connectivity index is 2.28. The third kappa shape index (κ3) is 1.85. The molecule has 2 aromatic rings. The zero-order valence-corrected chi connectivity index (χ0v) is 9.35. The maximum Gasteiger partial charge on any atom is 0.0937 e. The Bertz CT molecular complexity index is 394. The van der Waals surface area contributed by atoms with E-state index in [-0.39, 0.29) is 6.04 Å². The normalized spacial score (nSPS) is 12.7. The molecule has 0 aliphatic carbocycles. The van der Waals surface area contributed by atoms with Crippen molar-refractivity contribution in [2.45, 2.75) is 13.0 Å². The van der Waals surface area contributed by atoms with Gasteiger partial charge in [-0.15, -0.1) is 0 Å². The van der Waals surface area contributed by atoms with E-state index in [2.05, 4.69) is 45.2 Å². The SMILES string of the molecule is C[C@H](c1ccc(Br)cc1)n1nccn1. The smallest absolute Gasteiger partial charge is 0.0937 e. The zero-order valence-electron chi connectivity index (χ0n) is 7.76. The Kier molecular flexibility index (Phi) is 2.63. The molecule has 14 heavy (non-hydrogen) atoms. The number of hydrogen-bond donors (Lipinski definition) is 0. The van der Waals surface area contributed by atoms with Gasteiger partial charge in [-0.25, -0.2) is 0 Å². The molecule has 1 heterocycles. The monoisotopic (exact) mass is 251 g/mol. The molecule has 0 bridgehead atoms. The molecule has 1 atom stereocenters. The predicted octanol–water partition coefficient (Wildman–Crippen LogP) is 2.65. The van der Waals surface area contributed by atoms with E-state index >= 15 is 0 Å². The van der Waals surface area contributed by atoms with Gasteiger partial charge < -0.3 is 0 Å². The standard InChI is InChI=1S/C10H10BrN3/c1-8(14-12-6-7-13-14)9-2-4-10(11)5-3-9/h2-8H,1H3/t8-/m1/s1. The fourth-order valence-electron chi connectivity index (χ4n) is 1.30. The Hall–Kier alpha value is -1.16. The van der Waals surface area contributed by atoms with Crippen molar-refractivity contribution in [2.24, 2.45) is 0 Å². The van der Waals surface area contributed by atoms with Crippen LogP contribution in [0.2, 0.25) is 0 Å². The number of nitrogens with zero attached hydrogens (tertiary/aromatic N) is 3. The second kappa shape index (κ2) is 3.92. The second-order valence-corrected chi connectivity index (χ2v) is 3.99. The minimum Gasteiger partial charge on any atom is -0.178 e. The van der Waals surface area contributed by atoms with Crippen molar-refractivity contribution in [1.29, 1.82) is 0 Å². The topological polar surface area (TPSA) is 30.7 Å². The molecule has 72 valence electrons. The average molecular weight is 252 g/mol. The zero-order chi connectivity index (χ0) is 9.97. The molecule has 4 heteroatoms. The molecule has 0 radical (unpaired) electrons. The number of benzene rings is 1. The number of hydrogen-bond acceptors (Lipinski definition) is 2. The highest BCUT2D eigenvalue weighted by atomic mass is 79.9. The van der Waals surface area contributed by atoms with E-state index in [0.29, 0.717) is 0 Å². The first kappa shape index (κ1) is 9.40. The lowest BCUT2D eigenvalue weighted by atomic mass is 10.1. The van der Waals surface area contributed by atoms with Crippen LogP contribution in [-0.2, 0) is 0 Å². The minimum absolute atomic E-state index is 0.179. The Morgan fingerprint density at radius 2 is 1.71 bits per heavy atom. The molecule has 1 aromatic heterocycles. The highest BCUT2D eigenvalue weighted by Gasteiger charge is 2.07. The maximum absolute atomic E-state index is 4.11. The van der Waals surface area contributed by atoms with Crippen molar-refractivity contribution in [1.82, 2.24) is 15.0 Å². The fourth-order valence-corrected chi connectivity index (χ4v) is 1.57. The van der Waals surface area contributed by atoms with E-state index in [1.807, 2.05) is 12.1 Å². The van der Waals surface area contributed by atoms with Gasteiger partial charge in [0.2, 0.25) is 0 Å². The summed E-state index contributed by atoms with van der Waals surface area (Å²) in [4.78, 5) is 1.70. The van der Waals surface area contributed by atoms with Crippen LogP contribution in [0.1, 0.15) is 18.5 Å². The number of aromatic nitrogens is 3. The lowest BCUT2D eigenvalue weighted by Crippen LogP contribution is -2.09. The van der Waals surface area contributed by atoms with Gasteiger partial charge in [0.05, 0.1) is 18.4 Å². The van der Waals surface area contributed by atoms with Crippen LogP contribution < -0.4 is 0 Å². The largest absolute Gasteiger partial charge is 0.178 e. The third-order valence-electron chi connectivity index (χ3n) is 2.14. The summed E-state index contributed by atoms with van der Waals surface area (Å²) in [6.45, 7) is 2.07. The molecular weight excluding hydrogens is 242 g/mol. The molecule has 1 aromatic carbocycles. The molecule has 0 fully saturated rings. The third-order valence-corrected chi connectivity index (χ3v) is 2.66. The summed E-state index contributed by atoms with van der Waals surface area (Å²) in [6, 6.07) is 8.36. The molecule has 2 rings (SSSR count). The van der Waals surface area contributed by atoms with Crippen LogP contribution >= 0.6 is 15.9 Å². The van der Waals surface area contributed by atoms with E-state index in [4.69, 9.17) is 0 Å². The molecule has 0 amide bonds.